The summed E-state index contributed by atoms with van der Waals surface area (Å²) in [5.74, 6) is -0.785. The molecule has 2 N–H and O–H groups in total. The van der Waals surface area contributed by atoms with Gasteiger partial charge in [0, 0.05) is 18.8 Å². The molecule has 7 atom stereocenters. The molecule has 4 aliphatic rings. The van der Waals surface area contributed by atoms with Gasteiger partial charge in [0.15, 0.2) is 12.4 Å². The van der Waals surface area contributed by atoms with E-state index in [4.69, 9.17) is 4.74 Å². The summed E-state index contributed by atoms with van der Waals surface area (Å²) >= 11 is 0. The van der Waals surface area contributed by atoms with Crippen LogP contribution in [0.15, 0.2) is 11.6 Å². The number of ketones is 2. The molecule has 3 fully saturated rings. The fraction of sp³-hybridized carbons (Fsp3) is 0.792. The van der Waals surface area contributed by atoms with E-state index in [0.29, 0.717) is 25.7 Å². The number of carbonyl (C=O) groups excluding carboxylic acids is 3. The predicted molar refractivity (Wildman–Crippen MR) is 109 cm³/mol. The van der Waals surface area contributed by atoms with Crippen molar-refractivity contribution in [3.05, 3.63) is 11.6 Å². The lowest BCUT2D eigenvalue weighted by atomic mass is 9.40. The Morgan fingerprint density at radius 3 is 2.53 bits per heavy atom. The fourth-order valence-electron chi connectivity index (χ4n) is 8.14. The topological polar surface area (TPSA) is 101 Å². The monoisotopic (exact) mass is 418 g/mol. The number of aliphatic hydroxyl groups is 2. The Morgan fingerprint density at radius 1 is 1.17 bits per heavy atom. The summed E-state index contributed by atoms with van der Waals surface area (Å²) in [5, 5.41) is 23.0. The standard InChI is InChI=1S/C24H34O6/c1-14(25)30-13-19(28)24(29)10-7-18-22(3)8-5-15-11-16(26)6-9-21(15,2)20(22)17(27)12-23(18,24)4/h11,17-18,20,27,29H,5-10,12-13H2,1-4H3/t17?,18-,20+,21-,22-,23-,24-/m0/s1. The Labute approximate surface area is 178 Å². The van der Waals surface area contributed by atoms with Crippen LogP contribution in [0.2, 0.25) is 0 Å². The molecule has 0 amide bonds. The lowest BCUT2D eigenvalue weighted by Gasteiger charge is -2.65. The van der Waals surface area contributed by atoms with E-state index in [0.717, 1.165) is 24.8 Å². The molecule has 0 radical (unpaired) electrons. The van der Waals surface area contributed by atoms with Crippen molar-refractivity contribution in [3.8, 4) is 0 Å². The molecule has 30 heavy (non-hydrogen) atoms. The molecule has 0 spiro atoms. The van der Waals surface area contributed by atoms with Gasteiger partial charge in [0.2, 0.25) is 5.78 Å². The molecule has 166 valence electrons. The maximum Gasteiger partial charge on any atom is 0.303 e. The van der Waals surface area contributed by atoms with Gasteiger partial charge in [0.1, 0.15) is 5.60 Å². The largest absolute Gasteiger partial charge is 0.458 e. The smallest absolute Gasteiger partial charge is 0.303 e. The number of esters is 1. The average Bonchev–Trinajstić information content (AvgIpc) is 2.92. The molecule has 0 aromatic rings. The SMILES string of the molecule is CC(=O)OCC(=O)[C@@]1(O)CC[C@H]2[C@]3(C)CCC4=CC(=O)CC[C@]4(C)[C@H]3C(O)C[C@@]21C. The van der Waals surface area contributed by atoms with Crippen LogP contribution in [0.1, 0.15) is 72.6 Å². The number of hydrogen-bond donors (Lipinski definition) is 2. The Bertz CT molecular complexity index is 832. The molecular weight excluding hydrogens is 384 g/mol. The molecule has 0 heterocycles. The molecule has 0 aromatic carbocycles. The predicted octanol–water partition coefficient (Wildman–Crippen LogP) is 2.74. The molecule has 1 unspecified atom stereocenters. The van der Waals surface area contributed by atoms with Gasteiger partial charge in [-0.25, -0.2) is 0 Å². The van der Waals surface area contributed by atoms with E-state index in [1.807, 2.05) is 6.92 Å². The van der Waals surface area contributed by atoms with Gasteiger partial charge >= 0.3 is 5.97 Å². The van der Waals surface area contributed by atoms with Gasteiger partial charge in [-0.05, 0) is 67.3 Å². The van der Waals surface area contributed by atoms with Crippen LogP contribution >= 0.6 is 0 Å². The molecule has 4 aliphatic carbocycles. The van der Waals surface area contributed by atoms with Crippen LogP contribution in [-0.4, -0.2) is 46.1 Å². The number of aliphatic hydroxyl groups excluding tert-OH is 1. The van der Waals surface area contributed by atoms with E-state index >= 15 is 0 Å². The number of rotatable bonds is 3. The van der Waals surface area contributed by atoms with E-state index in [1.165, 1.54) is 6.92 Å². The summed E-state index contributed by atoms with van der Waals surface area (Å²) in [4.78, 5) is 36.2. The van der Waals surface area contributed by atoms with E-state index in [9.17, 15) is 24.6 Å². The van der Waals surface area contributed by atoms with Crippen LogP contribution in [0, 0.1) is 28.1 Å². The van der Waals surface area contributed by atoms with Crippen molar-refractivity contribution in [2.75, 3.05) is 6.61 Å². The zero-order chi connectivity index (χ0) is 22.1. The Kier molecular flexibility index (Phi) is 4.87. The van der Waals surface area contributed by atoms with Crippen LogP contribution < -0.4 is 0 Å². The third kappa shape index (κ3) is 2.72. The number of Topliss-reactive ketones (excluding diaryl/α,β-unsaturated/α-hetero) is 1. The van der Waals surface area contributed by atoms with E-state index in [2.05, 4.69) is 13.8 Å². The lowest BCUT2D eigenvalue weighted by Crippen LogP contribution is -2.65. The van der Waals surface area contributed by atoms with Gasteiger partial charge < -0.3 is 14.9 Å². The normalized spacial score (nSPS) is 47.6. The minimum atomic E-state index is -1.61. The van der Waals surface area contributed by atoms with E-state index in [-0.39, 0.29) is 28.4 Å². The number of carbonyl (C=O) groups is 3. The molecule has 0 aliphatic heterocycles. The average molecular weight is 419 g/mol. The van der Waals surface area contributed by atoms with E-state index < -0.39 is 35.5 Å². The van der Waals surface area contributed by atoms with Gasteiger partial charge in [-0.1, -0.05) is 26.3 Å². The minimum Gasteiger partial charge on any atom is -0.458 e. The minimum absolute atomic E-state index is 0.0119. The van der Waals surface area contributed by atoms with Crippen molar-refractivity contribution in [2.24, 2.45) is 28.1 Å². The molecule has 0 aromatic heterocycles. The van der Waals surface area contributed by atoms with Gasteiger partial charge in [-0.2, -0.15) is 0 Å². The summed E-state index contributed by atoms with van der Waals surface area (Å²) in [6, 6.07) is 0. The molecule has 6 nitrogen and oxygen atoms in total. The van der Waals surface area contributed by atoms with Crippen LogP contribution in [0.4, 0.5) is 0 Å². The zero-order valence-electron chi connectivity index (χ0n) is 18.5. The summed E-state index contributed by atoms with van der Waals surface area (Å²) < 4.78 is 4.91. The second-order valence-electron chi connectivity index (χ2n) is 10.9. The van der Waals surface area contributed by atoms with Crippen molar-refractivity contribution < 1.29 is 29.3 Å². The molecule has 0 bridgehead atoms. The van der Waals surface area contributed by atoms with Crippen LogP contribution in [0.5, 0.6) is 0 Å². The number of ether oxygens (including phenoxy) is 1. The van der Waals surface area contributed by atoms with Crippen molar-refractivity contribution >= 4 is 17.5 Å². The van der Waals surface area contributed by atoms with Crippen LogP contribution in [-0.2, 0) is 19.1 Å². The van der Waals surface area contributed by atoms with Gasteiger partial charge in [-0.3, -0.25) is 14.4 Å². The van der Waals surface area contributed by atoms with Crippen molar-refractivity contribution in [1.82, 2.24) is 0 Å². The number of allylic oxidation sites excluding steroid dienone is 1. The highest BCUT2D eigenvalue weighted by atomic mass is 16.5. The van der Waals surface area contributed by atoms with Crippen LogP contribution in [0.3, 0.4) is 0 Å². The molecule has 4 rings (SSSR count). The highest BCUT2D eigenvalue weighted by Gasteiger charge is 2.71. The maximum absolute atomic E-state index is 13.0. The highest BCUT2D eigenvalue weighted by molar-refractivity contribution is 5.92. The second-order valence-corrected chi connectivity index (χ2v) is 10.9. The highest BCUT2D eigenvalue weighted by Crippen LogP contribution is 2.72. The zero-order valence-corrected chi connectivity index (χ0v) is 18.5. The summed E-state index contributed by atoms with van der Waals surface area (Å²) in [6.45, 7) is 7.14. The van der Waals surface area contributed by atoms with Gasteiger partial charge in [0.05, 0.1) is 6.10 Å². The molecule has 0 saturated heterocycles. The first kappa shape index (κ1) is 21.7. The first-order valence-electron chi connectivity index (χ1n) is 11.2. The summed E-state index contributed by atoms with van der Waals surface area (Å²) in [7, 11) is 0. The molecule has 3 saturated carbocycles. The quantitative estimate of drug-likeness (QED) is 0.684. The molecular formula is C24H34O6. The van der Waals surface area contributed by atoms with E-state index in [1.54, 1.807) is 6.08 Å². The summed E-state index contributed by atoms with van der Waals surface area (Å²) in [5.41, 5.74) is -1.71. The van der Waals surface area contributed by atoms with Crippen molar-refractivity contribution in [1.29, 1.82) is 0 Å². The lowest BCUT2D eigenvalue weighted by molar-refractivity contribution is -0.208. The third-order valence-corrected chi connectivity index (χ3v) is 9.48. The second kappa shape index (κ2) is 6.73. The first-order valence-corrected chi connectivity index (χ1v) is 11.2. The van der Waals surface area contributed by atoms with Crippen molar-refractivity contribution in [3.63, 3.8) is 0 Å². The Morgan fingerprint density at radius 2 is 1.87 bits per heavy atom. The fourth-order valence-corrected chi connectivity index (χ4v) is 8.14. The number of fused-ring (bicyclic) bond motifs is 5. The Hall–Kier alpha value is -1.53. The van der Waals surface area contributed by atoms with Gasteiger partial charge in [-0.15, -0.1) is 0 Å². The maximum atomic E-state index is 13.0. The number of hydrogen-bond acceptors (Lipinski definition) is 6. The third-order valence-electron chi connectivity index (χ3n) is 9.48. The van der Waals surface area contributed by atoms with Crippen molar-refractivity contribution in [2.45, 2.75) is 84.3 Å². The molecule has 6 heteroatoms. The summed E-state index contributed by atoms with van der Waals surface area (Å²) in [6.07, 6.45) is 5.37. The first-order chi connectivity index (χ1) is 13.9. The van der Waals surface area contributed by atoms with Gasteiger partial charge in [0.25, 0.3) is 0 Å². The van der Waals surface area contributed by atoms with Crippen LogP contribution in [0.25, 0.3) is 0 Å². The Balaban J connectivity index is 1.71.